The maximum absolute atomic E-state index is 13.7. The third kappa shape index (κ3) is 8.13. The number of hydrogen-bond donors (Lipinski definition) is 1. The quantitative estimate of drug-likeness (QED) is 0.414. The van der Waals surface area contributed by atoms with E-state index in [0.717, 1.165) is 25.8 Å². The van der Waals surface area contributed by atoms with Crippen LogP contribution in [0, 0.1) is 11.3 Å². The molecule has 0 radical (unpaired) electrons. The molecule has 1 aliphatic rings. The van der Waals surface area contributed by atoms with Crippen molar-refractivity contribution in [3.8, 4) is 0 Å². The minimum absolute atomic E-state index is 0.0782. The van der Waals surface area contributed by atoms with E-state index in [1.807, 2.05) is 34.6 Å². The molecule has 0 aromatic carbocycles. The average Bonchev–Trinajstić information content (AvgIpc) is 2.73. The van der Waals surface area contributed by atoms with Crippen molar-refractivity contribution in [2.24, 2.45) is 11.3 Å². The summed E-state index contributed by atoms with van der Waals surface area (Å²) in [5.41, 5.74) is 0.000989. The van der Waals surface area contributed by atoms with Crippen LogP contribution in [-0.4, -0.2) is 72.0 Å². The molecule has 1 N–H and O–H groups in total. The summed E-state index contributed by atoms with van der Waals surface area (Å²) < 4.78 is 5.10. The highest BCUT2D eigenvalue weighted by molar-refractivity contribution is 5.91. The first-order valence-electron chi connectivity index (χ1n) is 12.4. The number of likely N-dealkylation sites (N-methyl/N-ethyl adjacent to an activating group) is 1. The standard InChI is InChI=1S/C26H47N3O4/c1-11-33-25(32)19(6)16-21(17(2)3)28(10)24(31)22(26(7,8)9)27-23(30)20-14-12-13-15-29(20)18(4)5/h16-18,20-22H,11-15H2,1-10H3,(H,27,30)/b19-16+/t20-,21+,22+/m1/s1. The number of ether oxygens (including phenoxy) is 1. The van der Waals surface area contributed by atoms with Crippen LogP contribution in [0.3, 0.4) is 0 Å². The van der Waals surface area contributed by atoms with Gasteiger partial charge < -0.3 is 15.0 Å². The van der Waals surface area contributed by atoms with E-state index < -0.39 is 11.5 Å². The molecular weight excluding hydrogens is 418 g/mol. The van der Waals surface area contributed by atoms with Crippen LogP contribution in [-0.2, 0) is 19.1 Å². The van der Waals surface area contributed by atoms with Gasteiger partial charge in [-0.25, -0.2) is 4.79 Å². The fourth-order valence-electron chi connectivity index (χ4n) is 4.41. The summed E-state index contributed by atoms with van der Waals surface area (Å²) in [4.78, 5) is 43.1. The molecule has 1 rings (SSSR count). The van der Waals surface area contributed by atoms with Crippen LogP contribution in [0.1, 0.15) is 81.6 Å². The van der Waals surface area contributed by atoms with Gasteiger partial charge in [0.2, 0.25) is 11.8 Å². The molecule has 7 nitrogen and oxygen atoms in total. The number of esters is 1. The Bertz CT molecular complexity index is 709. The summed E-state index contributed by atoms with van der Waals surface area (Å²) in [6.45, 7) is 18.8. The van der Waals surface area contributed by atoms with E-state index in [1.54, 1.807) is 31.9 Å². The highest BCUT2D eigenvalue weighted by Gasteiger charge is 2.39. The molecule has 2 amide bonds. The first-order chi connectivity index (χ1) is 15.2. The number of likely N-dealkylation sites (tertiary alicyclic amines) is 1. The fourth-order valence-corrected chi connectivity index (χ4v) is 4.41. The summed E-state index contributed by atoms with van der Waals surface area (Å²) in [5.74, 6) is -0.538. The monoisotopic (exact) mass is 465 g/mol. The molecular formula is C26H47N3O4. The van der Waals surface area contributed by atoms with Gasteiger partial charge in [-0.05, 0) is 58.4 Å². The topological polar surface area (TPSA) is 79.0 Å². The number of rotatable bonds is 9. The number of nitrogens with zero attached hydrogens (tertiary/aromatic N) is 2. The van der Waals surface area contributed by atoms with Crippen molar-refractivity contribution in [2.75, 3.05) is 20.2 Å². The van der Waals surface area contributed by atoms with Gasteiger partial charge in [0, 0.05) is 18.7 Å². The van der Waals surface area contributed by atoms with Crippen molar-refractivity contribution >= 4 is 17.8 Å². The normalized spacial score (nSPS) is 19.9. The Labute approximate surface area is 201 Å². The van der Waals surface area contributed by atoms with E-state index in [2.05, 4.69) is 24.1 Å². The SMILES string of the molecule is CCOC(=O)/C(C)=C/[C@@H](C(C)C)N(C)C(=O)[C@H](NC(=O)[C@H]1CCCCN1C(C)C)C(C)(C)C. The zero-order valence-corrected chi connectivity index (χ0v) is 22.5. The van der Waals surface area contributed by atoms with Crippen molar-refractivity contribution in [1.82, 2.24) is 15.1 Å². The van der Waals surface area contributed by atoms with Crippen molar-refractivity contribution in [1.29, 1.82) is 0 Å². The minimum atomic E-state index is -0.677. The summed E-state index contributed by atoms with van der Waals surface area (Å²) >= 11 is 0. The smallest absolute Gasteiger partial charge is 0.333 e. The van der Waals surface area contributed by atoms with E-state index in [0.29, 0.717) is 12.2 Å². The van der Waals surface area contributed by atoms with Gasteiger partial charge in [0.1, 0.15) is 6.04 Å². The van der Waals surface area contributed by atoms with Gasteiger partial charge in [0.15, 0.2) is 0 Å². The molecule has 0 aliphatic carbocycles. The Hall–Kier alpha value is -1.89. The van der Waals surface area contributed by atoms with Gasteiger partial charge in [-0.2, -0.15) is 0 Å². The molecule has 33 heavy (non-hydrogen) atoms. The molecule has 0 aromatic heterocycles. The average molecular weight is 466 g/mol. The molecule has 1 fully saturated rings. The highest BCUT2D eigenvalue weighted by atomic mass is 16.5. The molecule has 1 heterocycles. The molecule has 3 atom stereocenters. The molecule has 1 aliphatic heterocycles. The van der Waals surface area contributed by atoms with Crippen LogP contribution < -0.4 is 5.32 Å². The van der Waals surface area contributed by atoms with E-state index >= 15 is 0 Å². The highest BCUT2D eigenvalue weighted by Crippen LogP contribution is 2.26. The lowest BCUT2D eigenvalue weighted by molar-refractivity contribution is -0.142. The second-order valence-electron chi connectivity index (χ2n) is 10.9. The van der Waals surface area contributed by atoms with Crippen LogP contribution in [0.5, 0.6) is 0 Å². The Kier molecular flexibility index (Phi) is 11.1. The van der Waals surface area contributed by atoms with Crippen LogP contribution in [0.15, 0.2) is 11.6 Å². The minimum Gasteiger partial charge on any atom is -0.463 e. The molecule has 0 bridgehead atoms. The lowest BCUT2D eigenvalue weighted by Gasteiger charge is -2.41. The molecule has 0 aromatic rings. The second kappa shape index (κ2) is 12.5. The Morgan fingerprint density at radius 2 is 1.76 bits per heavy atom. The fraction of sp³-hybridized carbons (Fsp3) is 0.808. The van der Waals surface area contributed by atoms with Crippen LogP contribution in [0.4, 0.5) is 0 Å². The number of carbonyl (C=O) groups is 3. The summed E-state index contributed by atoms with van der Waals surface area (Å²) in [6.07, 6.45) is 4.71. The third-order valence-electron chi connectivity index (χ3n) is 6.41. The van der Waals surface area contributed by atoms with E-state index in [1.165, 1.54) is 0 Å². The summed E-state index contributed by atoms with van der Waals surface area (Å²) in [6, 6.07) is -0.920. The summed E-state index contributed by atoms with van der Waals surface area (Å²) in [5, 5.41) is 3.10. The number of carbonyl (C=O) groups excluding carboxylic acids is 3. The third-order valence-corrected chi connectivity index (χ3v) is 6.41. The molecule has 0 spiro atoms. The Balaban J connectivity index is 3.15. The zero-order valence-electron chi connectivity index (χ0n) is 22.5. The maximum atomic E-state index is 13.7. The molecule has 190 valence electrons. The Morgan fingerprint density at radius 3 is 2.24 bits per heavy atom. The van der Waals surface area contributed by atoms with Crippen LogP contribution in [0.25, 0.3) is 0 Å². The number of piperidine rings is 1. The van der Waals surface area contributed by atoms with E-state index in [4.69, 9.17) is 4.74 Å². The van der Waals surface area contributed by atoms with Crippen molar-refractivity contribution in [3.63, 3.8) is 0 Å². The van der Waals surface area contributed by atoms with Crippen LogP contribution >= 0.6 is 0 Å². The molecule has 0 unspecified atom stereocenters. The molecule has 1 saturated heterocycles. The number of amides is 2. The van der Waals surface area contributed by atoms with Gasteiger partial charge in [0.05, 0.1) is 18.7 Å². The molecule has 7 heteroatoms. The van der Waals surface area contributed by atoms with Crippen molar-refractivity contribution in [2.45, 2.75) is 106 Å². The van der Waals surface area contributed by atoms with Crippen LogP contribution in [0.2, 0.25) is 0 Å². The zero-order chi connectivity index (χ0) is 25.5. The van der Waals surface area contributed by atoms with Gasteiger partial charge >= 0.3 is 5.97 Å². The lowest BCUT2D eigenvalue weighted by Crippen LogP contribution is -2.60. The first kappa shape index (κ1) is 29.1. The second-order valence-corrected chi connectivity index (χ2v) is 10.9. The number of nitrogens with one attached hydrogen (secondary N) is 1. The lowest BCUT2D eigenvalue weighted by atomic mass is 9.84. The Morgan fingerprint density at radius 1 is 1.15 bits per heavy atom. The van der Waals surface area contributed by atoms with E-state index in [-0.39, 0.29) is 41.8 Å². The van der Waals surface area contributed by atoms with Gasteiger partial charge in [-0.3, -0.25) is 14.5 Å². The van der Waals surface area contributed by atoms with Crippen molar-refractivity contribution in [3.05, 3.63) is 11.6 Å². The maximum Gasteiger partial charge on any atom is 0.333 e. The van der Waals surface area contributed by atoms with Gasteiger partial charge in [0.25, 0.3) is 0 Å². The predicted octanol–water partition coefficient (Wildman–Crippen LogP) is 3.77. The number of hydrogen-bond acceptors (Lipinski definition) is 5. The first-order valence-corrected chi connectivity index (χ1v) is 12.4. The van der Waals surface area contributed by atoms with Crippen molar-refractivity contribution < 1.29 is 19.1 Å². The summed E-state index contributed by atoms with van der Waals surface area (Å²) in [7, 11) is 1.74. The largest absolute Gasteiger partial charge is 0.463 e. The van der Waals surface area contributed by atoms with E-state index in [9.17, 15) is 14.4 Å². The van der Waals surface area contributed by atoms with Gasteiger partial charge in [-0.1, -0.05) is 47.1 Å². The predicted molar refractivity (Wildman–Crippen MR) is 133 cm³/mol. The molecule has 0 saturated carbocycles. The van der Waals surface area contributed by atoms with Gasteiger partial charge in [-0.15, -0.1) is 0 Å².